The van der Waals surface area contributed by atoms with E-state index in [0.717, 1.165) is 0 Å². The van der Waals surface area contributed by atoms with Gasteiger partial charge in [-0.25, -0.2) is 4.79 Å². The molecule has 0 fully saturated rings. The van der Waals surface area contributed by atoms with Gasteiger partial charge >= 0.3 is 5.97 Å². The summed E-state index contributed by atoms with van der Waals surface area (Å²) >= 11 is 0. The second-order valence-electron chi connectivity index (χ2n) is 5.00. The third-order valence-electron chi connectivity index (χ3n) is 3.86. The molecule has 1 spiro atoms. The Kier molecular flexibility index (Phi) is 3.20. The topological polar surface area (TPSA) is 91.6 Å². The van der Waals surface area contributed by atoms with Crippen molar-refractivity contribution in [3.8, 4) is 0 Å². The average molecular weight is 301 g/mol. The molecule has 0 aromatic rings. The molecule has 7 nitrogen and oxygen atoms in total. The number of amidine groups is 1. The highest BCUT2D eigenvalue weighted by Crippen LogP contribution is 2.42. The Morgan fingerprint density at radius 2 is 2.32 bits per heavy atom. The van der Waals surface area contributed by atoms with Crippen molar-refractivity contribution in [2.75, 3.05) is 13.7 Å². The molecule has 2 heterocycles. The van der Waals surface area contributed by atoms with Crippen LogP contribution in [0.5, 0.6) is 0 Å². The first kappa shape index (κ1) is 14.2. The molecule has 3 aliphatic rings. The standard InChI is InChI=1S/C15H15N3O4/c1-3-22-13(20)11-9(19)8-15(12(11)16-2)14(21)17-10-6-4-5-7-18(10)15/h4-7,19H,3,8H2,1-2H3. The fourth-order valence-electron chi connectivity index (χ4n) is 3.00. The molecule has 0 aromatic carbocycles. The Labute approximate surface area is 127 Å². The second kappa shape index (κ2) is 4.94. The van der Waals surface area contributed by atoms with E-state index in [9.17, 15) is 14.7 Å². The lowest BCUT2D eigenvalue weighted by Gasteiger charge is -2.33. The Balaban J connectivity index is 2.08. The van der Waals surface area contributed by atoms with Crippen molar-refractivity contribution in [3.63, 3.8) is 0 Å². The summed E-state index contributed by atoms with van der Waals surface area (Å²) in [5.74, 6) is -0.876. The van der Waals surface area contributed by atoms with E-state index in [1.165, 1.54) is 7.05 Å². The van der Waals surface area contributed by atoms with Crippen molar-refractivity contribution in [2.45, 2.75) is 18.9 Å². The molecule has 3 rings (SSSR count). The molecule has 1 aliphatic carbocycles. The van der Waals surface area contributed by atoms with Crippen LogP contribution in [0.3, 0.4) is 0 Å². The predicted molar refractivity (Wildman–Crippen MR) is 79.6 cm³/mol. The zero-order valence-electron chi connectivity index (χ0n) is 12.2. The summed E-state index contributed by atoms with van der Waals surface area (Å²) in [5, 5.41) is 10.2. The minimum absolute atomic E-state index is 0.0443. The lowest BCUT2D eigenvalue weighted by Crippen LogP contribution is -2.54. The van der Waals surface area contributed by atoms with Gasteiger partial charge in [0, 0.05) is 19.7 Å². The van der Waals surface area contributed by atoms with Crippen LogP contribution in [0.4, 0.5) is 0 Å². The van der Waals surface area contributed by atoms with Gasteiger partial charge in [-0.05, 0) is 19.1 Å². The molecule has 0 aromatic heterocycles. The number of allylic oxidation sites excluding steroid dienone is 2. The van der Waals surface area contributed by atoms with E-state index < -0.39 is 17.4 Å². The zero-order chi connectivity index (χ0) is 15.9. The first-order chi connectivity index (χ1) is 10.6. The van der Waals surface area contributed by atoms with Crippen LogP contribution in [-0.2, 0) is 14.3 Å². The number of rotatable bonds is 2. The van der Waals surface area contributed by atoms with Crippen molar-refractivity contribution in [1.29, 1.82) is 0 Å². The minimum atomic E-state index is -1.29. The number of amides is 1. The van der Waals surface area contributed by atoms with E-state index in [1.807, 2.05) is 0 Å². The van der Waals surface area contributed by atoms with Gasteiger partial charge < -0.3 is 14.7 Å². The Hall–Kier alpha value is -2.70. The molecular weight excluding hydrogens is 286 g/mol. The Morgan fingerprint density at radius 1 is 1.55 bits per heavy atom. The number of ether oxygens (including phenoxy) is 1. The number of carbonyl (C=O) groups excluding carboxylic acids is 2. The number of esters is 1. The summed E-state index contributed by atoms with van der Waals surface area (Å²) in [5.41, 5.74) is -1.15. The van der Waals surface area contributed by atoms with Crippen molar-refractivity contribution in [1.82, 2.24) is 4.90 Å². The normalized spacial score (nSPS) is 27.9. The Bertz CT molecular complexity index is 714. The quantitative estimate of drug-likeness (QED) is 0.765. The molecule has 2 aliphatic heterocycles. The van der Waals surface area contributed by atoms with Crippen molar-refractivity contribution >= 4 is 23.4 Å². The number of aliphatic hydroxyl groups is 1. The smallest absolute Gasteiger partial charge is 0.343 e. The SMILES string of the molecule is CCOC(=O)C1=C(O)CC2(C(=O)N=C3C=CC=CN32)C1=NC. The third kappa shape index (κ3) is 1.68. The highest BCUT2D eigenvalue weighted by Gasteiger charge is 2.60. The second-order valence-corrected chi connectivity index (χ2v) is 5.00. The van der Waals surface area contributed by atoms with Crippen LogP contribution < -0.4 is 0 Å². The molecule has 114 valence electrons. The number of aliphatic hydroxyl groups excluding tert-OH is 1. The predicted octanol–water partition coefficient (Wildman–Crippen LogP) is 0.899. The first-order valence-corrected chi connectivity index (χ1v) is 6.90. The van der Waals surface area contributed by atoms with Gasteiger partial charge in [0.1, 0.15) is 17.2 Å². The maximum Gasteiger partial charge on any atom is 0.343 e. The van der Waals surface area contributed by atoms with Crippen LogP contribution in [0.25, 0.3) is 0 Å². The van der Waals surface area contributed by atoms with E-state index >= 15 is 0 Å². The molecule has 0 bridgehead atoms. The van der Waals surface area contributed by atoms with Crippen LogP contribution >= 0.6 is 0 Å². The van der Waals surface area contributed by atoms with Crippen LogP contribution in [0.15, 0.2) is 45.7 Å². The molecule has 0 saturated heterocycles. The van der Waals surface area contributed by atoms with Crippen LogP contribution in [0.1, 0.15) is 13.3 Å². The van der Waals surface area contributed by atoms with E-state index in [-0.39, 0.29) is 30.1 Å². The molecule has 1 amide bonds. The number of aliphatic imine (C=N–C) groups is 2. The van der Waals surface area contributed by atoms with Gasteiger partial charge in [0.25, 0.3) is 5.91 Å². The molecule has 7 heteroatoms. The first-order valence-electron chi connectivity index (χ1n) is 6.90. The zero-order valence-corrected chi connectivity index (χ0v) is 12.2. The summed E-state index contributed by atoms with van der Waals surface area (Å²) in [6.45, 7) is 1.84. The highest BCUT2D eigenvalue weighted by molar-refractivity contribution is 6.36. The molecule has 1 N–H and O–H groups in total. The molecule has 1 unspecified atom stereocenters. The number of fused-ring (bicyclic) bond motifs is 2. The highest BCUT2D eigenvalue weighted by atomic mass is 16.5. The molecule has 22 heavy (non-hydrogen) atoms. The summed E-state index contributed by atoms with van der Waals surface area (Å²) in [7, 11) is 1.48. The van der Waals surface area contributed by atoms with Crippen molar-refractivity contribution in [3.05, 3.63) is 35.8 Å². The maximum atomic E-state index is 12.5. The van der Waals surface area contributed by atoms with Gasteiger partial charge in [0.15, 0.2) is 5.54 Å². The van der Waals surface area contributed by atoms with E-state index in [1.54, 1.807) is 36.3 Å². The van der Waals surface area contributed by atoms with Gasteiger partial charge in [0.05, 0.1) is 12.3 Å². The number of hydrogen-bond donors (Lipinski definition) is 1. The monoisotopic (exact) mass is 301 g/mol. The fraction of sp³-hybridized carbons (Fsp3) is 0.333. The average Bonchev–Trinajstić information content (AvgIpc) is 2.95. The molecule has 0 radical (unpaired) electrons. The number of carbonyl (C=O) groups is 2. The van der Waals surface area contributed by atoms with E-state index in [0.29, 0.717) is 5.84 Å². The lowest BCUT2D eigenvalue weighted by atomic mass is 9.90. The largest absolute Gasteiger partial charge is 0.511 e. The van der Waals surface area contributed by atoms with Crippen molar-refractivity contribution in [2.24, 2.45) is 9.98 Å². The van der Waals surface area contributed by atoms with Crippen LogP contribution in [-0.4, -0.2) is 52.6 Å². The van der Waals surface area contributed by atoms with E-state index in [4.69, 9.17) is 4.74 Å². The van der Waals surface area contributed by atoms with Gasteiger partial charge in [0.2, 0.25) is 0 Å². The summed E-state index contributed by atoms with van der Waals surface area (Å²) in [6.07, 6.45) is 6.85. The lowest BCUT2D eigenvalue weighted by molar-refractivity contribution is -0.138. The minimum Gasteiger partial charge on any atom is -0.511 e. The molecular formula is C15H15N3O4. The number of hydrogen-bond acceptors (Lipinski definition) is 6. The fourth-order valence-corrected chi connectivity index (χ4v) is 3.00. The van der Waals surface area contributed by atoms with Gasteiger partial charge in [-0.3, -0.25) is 9.79 Å². The van der Waals surface area contributed by atoms with Crippen molar-refractivity contribution < 1.29 is 19.4 Å². The number of nitrogens with zero attached hydrogens (tertiary/aromatic N) is 3. The molecule has 0 saturated carbocycles. The van der Waals surface area contributed by atoms with Crippen LogP contribution in [0, 0.1) is 0 Å². The van der Waals surface area contributed by atoms with Crippen LogP contribution in [0.2, 0.25) is 0 Å². The Morgan fingerprint density at radius 3 is 3.00 bits per heavy atom. The maximum absolute atomic E-state index is 12.5. The van der Waals surface area contributed by atoms with E-state index in [2.05, 4.69) is 9.98 Å². The van der Waals surface area contributed by atoms with Gasteiger partial charge in [-0.1, -0.05) is 6.08 Å². The van der Waals surface area contributed by atoms with Gasteiger partial charge in [-0.15, -0.1) is 0 Å². The third-order valence-corrected chi connectivity index (χ3v) is 3.86. The summed E-state index contributed by atoms with van der Waals surface area (Å²) in [4.78, 5) is 34.4. The molecule has 1 atom stereocenters. The summed E-state index contributed by atoms with van der Waals surface area (Å²) < 4.78 is 4.97. The van der Waals surface area contributed by atoms with Gasteiger partial charge in [-0.2, -0.15) is 4.99 Å². The summed E-state index contributed by atoms with van der Waals surface area (Å²) in [6, 6.07) is 0.